The lowest BCUT2D eigenvalue weighted by Gasteiger charge is -2.31. The molecule has 0 radical (unpaired) electrons. The first kappa shape index (κ1) is 25.5. The highest BCUT2D eigenvalue weighted by atomic mass is 32.2. The molecule has 0 unspecified atom stereocenters. The van der Waals surface area contributed by atoms with Gasteiger partial charge in [-0.2, -0.15) is 0 Å². The molecule has 1 saturated heterocycles. The van der Waals surface area contributed by atoms with Gasteiger partial charge in [0.25, 0.3) is 0 Å². The summed E-state index contributed by atoms with van der Waals surface area (Å²) >= 11 is 0. The molecule has 6 nitrogen and oxygen atoms in total. The van der Waals surface area contributed by atoms with Crippen molar-refractivity contribution in [2.75, 3.05) is 6.54 Å². The van der Waals surface area contributed by atoms with Crippen molar-refractivity contribution >= 4 is 16.1 Å². The Morgan fingerprint density at radius 3 is 2.49 bits per heavy atom. The first-order chi connectivity index (χ1) is 16.3. The van der Waals surface area contributed by atoms with Crippen molar-refractivity contribution in [1.82, 2.24) is 9.62 Å². The number of nitrogens with one attached hydrogen (secondary N) is 1. The molecule has 35 heavy (non-hydrogen) atoms. The van der Waals surface area contributed by atoms with Crippen LogP contribution >= 0.6 is 0 Å². The molecule has 1 N–H and O–H groups in total. The molecular formula is C25H29F3N2O4S. The molecule has 1 aliphatic heterocycles. The lowest BCUT2D eigenvalue weighted by atomic mass is 9.96. The van der Waals surface area contributed by atoms with Crippen molar-refractivity contribution < 1.29 is 31.1 Å². The highest BCUT2D eigenvalue weighted by molar-refractivity contribution is 7.91. The lowest BCUT2D eigenvalue weighted by molar-refractivity contribution is 0.0218. The van der Waals surface area contributed by atoms with Crippen molar-refractivity contribution in [1.29, 1.82) is 0 Å². The molecule has 1 amide bonds. The van der Waals surface area contributed by atoms with Gasteiger partial charge in [0.1, 0.15) is 17.2 Å². The van der Waals surface area contributed by atoms with Gasteiger partial charge in [-0.25, -0.2) is 31.1 Å². The minimum atomic E-state index is -4.28. The zero-order valence-electron chi connectivity index (χ0n) is 19.9. The van der Waals surface area contributed by atoms with Gasteiger partial charge < -0.3 is 9.64 Å². The summed E-state index contributed by atoms with van der Waals surface area (Å²) in [6, 6.07) is 8.59. The molecule has 2 fully saturated rings. The highest BCUT2D eigenvalue weighted by Gasteiger charge is 2.57. The molecule has 10 heteroatoms. The number of carbonyl (C=O) groups is 1. The number of alkyl halides is 1. The van der Waals surface area contributed by atoms with Crippen molar-refractivity contribution in [3.05, 3.63) is 59.7 Å². The van der Waals surface area contributed by atoms with Crippen molar-refractivity contribution in [2.45, 2.75) is 69.1 Å². The van der Waals surface area contributed by atoms with Crippen LogP contribution in [0.1, 0.15) is 45.6 Å². The van der Waals surface area contributed by atoms with Gasteiger partial charge in [0.15, 0.2) is 0 Å². The summed E-state index contributed by atoms with van der Waals surface area (Å²) in [5.74, 6) is -1.10. The Morgan fingerprint density at radius 2 is 1.86 bits per heavy atom. The predicted octanol–water partition coefficient (Wildman–Crippen LogP) is 4.93. The Morgan fingerprint density at radius 1 is 1.17 bits per heavy atom. The van der Waals surface area contributed by atoms with E-state index in [4.69, 9.17) is 4.74 Å². The number of hydrogen-bond donors (Lipinski definition) is 1. The van der Waals surface area contributed by atoms with E-state index < -0.39 is 50.4 Å². The van der Waals surface area contributed by atoms with Gasteiger partial charge in [0.2, 0.25) is 15.0 Å². The van der Waals surface area contributed by atoms with Crippen LogP contribution in [0.4, 0.5) is 18.0 Å². The van der Waals surface area contributed by atoms with Crippen LogP contribution in [0.15, 0.2) is 42.5 Å². The molecule has 0 aromatic heterocycles. The van der Waals surface area contributed by atoms with Gasteiger partial charge in [0.05, 0.1) is 6.04 Å². The second-order valence-corrected chi connectivity index (χ2v) is 12.1. The number of rotatable bonds is 6. The molecule has 190 valence electrons. The Kier molecular flexibility index (Phi) is 6.65. The van der Waals surface area contributed by atoms with Gasteiger partial charge >= 0.3 is 6.09 Å². The summed E-state index contributed by atoms with van der Waals surface area (Å²) < 4.78 is 76.8. The number of ether oxygens (including phenoxy) is 1. The molecule has 4 rings (SSSR count). The van der Waals surface area contributed by atoms with Crippen LogP contribution in [0, 0.1) is 11.6 Å². The zero-order valence-corrected chi connectivity index (χ0v) is 20.7. The summed E-state index contributed by atoms with van der Waals surface area (Å²) in [5, 5.41) is -2.31. The smallest absolute Gasteiger partial charge is 0.410 e. The number of likely N-dealkylation sites (tertiary alicyclic amines) is 1. The van der Waals surface area contributed by atoms with Crippen LogP contribution in [-0.4, -0.2) is 48.6 Å². The van der Waals surface area contributed by atoms with Crippen LogP contribution in [0.2, 0.25) is 0 Å². The van der Waals surface area contributed by atoms with E-state index in [1.165, 1.54) is 35.2 Å². The Labute approximate surface area is 203 Å². The number of nitrogens with zero attached hydrogens (tertiary/aromatic N) is 1. The van der Waals surface area contributed by atoms with E-state index >= 15 is 4.39 Å². The van der Waals surface area contributed by atoms with E-state index in [1.54, 1.807) is 32.9 Å². The molecule has 0 bridgehead atoms. The second kappa shape index (κ2) is 9.13. The summed E-state index contributed by atoms with van der Waals surface area (Å²) in [4.78, 5) is 14.3. The maximum atomic E-state index is 15.6. The standard InChI is InChI=1S/C25H29F3N2O4S/c1-24(2,3)34-23(31)30-13-10-20(29-35(32,33)25(28)11-12-25)21(30)15-17-7-5-9-19(22(17)27)16-6-4-8-18(26)14-16/h4-9,14,20-21,29H,10-13,15H2,1-3H3/t20-,21-/m0/s1. The third-order valence-electron chi connectivity index (χ3n) is 6.25. The fraction of sp³-hybridized carbons (Fsp3) is 0.480. The highest BCUT2D eigenvalue weighted by Crippen LogP contribution is 2.45. The van der Waals surface area contributed by atoms with Gasteiger partial charge in [0, 0.05) is 31.0 Å². The number of hydrogen-bond acceptors (Lipinski definition) is 4. The first-order valence-electron chi connectivity index (χ1n) is 11.5. The van der Waals surface area contributed by atoms with Gasteiger partial charge in [-0.05, 0) is 56.9 Å². The molecule has 1 heterocycles. The van der Waals surface area contributed by atoms with Crippen molar-refractivity contribution in [3.8, 4) is 11.1 Å². The van der Waals surface area contributed by atoms with E-state index in [0.29, 0.717) is 5.56 Å². The molecule has 1 saturated carbocycles. The van der Waals surface area contributed by atoms with E-state index in [0.717, 1.165) is 0 Å². The zero-order chi connectivity index (χ0) is 25.6. The summed E-state index contributed by atoms with van der Waals surface area (Å²) in [5.41, 5.74) is -0.0386. The summed E-state index contributed by atoms with van der Waals surface area (Å²) in [6.45, 7) is 5.28. The first-order valence-corrected chi connectivity index (χ1v) is 13.0. The maximum absolute atomic E-state index is 15.6. The van der Waals surface area contributed by atoms with Gasteiger partial charge in [-0.3, -0.25) is 0 Å². The van der Waals surface area contributed by atoms with Crippen LogP contribution in [0.5, 0.6) is 0 Å². The third-order valence-corrected chi connectivity index (χ3v) is 8.23. The normalized spacial score (nSPS) is 21.7. The van der Waals surface area contributed by atoms with Crippen molar-refractivity contribution in [3.63, 3.8) is 0 Å². The topological polar surface area (TPSA) is 75.7 Å². The van der Waals surface area contributed by atoms with Crippen LogP contribution in [0.3, 0.4) is 0 Å². The largest absolute Gasteiger partial charge is 0.444 e. The van der Waals surface area contributed by atoms with E-state index in [2.05, 4.69) is 4.72 Å². The van der Waals surface area contributed by atoms with E-state index in [9.17, 15) is 22.0 Å². The summed E-state index contributed by atoms with van der Waals surface area (Å²) in [7, 11) is -4.28. The van der Waals surface area contributed by atoms with Gasteiger partial charge in [-0.15, -0.1) is 0 Å². The number of carbonyl (C=O) groups excluding carboxylic acids is 1. The maximum Gasteiger partial charge on any atom is 0.410 e. The molecule has 2 atom stereocenters. The molecule has 0 spiro atoms. The van der Waals surface area contributed by atoms with E-state index in [1.807, 2.05) is 0 Å². The predicted molar refractivity (Wildman–Crippen MR) is 126 cm³/mol. The van der Waals surface area contributed by atoms with Crippen LogP contribution in [-0.2, 0) is 21.2 Å². The van der Waals surface area contributed by atoms with Crippen molar-refractivity contribution in [2.24, 2.45) is 0 Å². The number of sulfonamides is 1. The van der Waals surface area contributed by atoms with Crippen LogP contribution < -0.4 is 4.72 Å². The van der Waals surface area contributed by atoms with Crippen LogP contribution in [0.25, 0.3) is 11.1 Å². The quantitative estimate of drug-likeness (QED) is 0.598. The lowest BCUT2D eigenvalue weighted by Crippen LogP contribution is -2.50. The average Bonchev–Trinajstić information content (AvgIpc) is 3.40. The molecule has 2 aromatic carbocycles. The molecule has 1 aliphatic carbocycles. The second-order valence-electron chi connectivity index (χ2n) is 10.1. The number of amides is 1. The van der Waals surface area contributed by atoms with E-state index in [-0.39, 0.29) is 43.4 Å². The minimum Gasteiger partial charge on any atom is -0.444 e. The fourth-order valence-electron chi connectivity index (χ4n) is 4.30. The molecule has 2 aliphatic rings. The monoisotopic (exact) mass is 510 g/mol. The number of halogens is 3. The molecule has 2 aromatic rings. The van der Waals surface area contributed by atoms with Gasteiger partial charge in [-0.1, -0.05) is 30.3 Å². The Hall–Kier alpha value is -2.59. The minimum absolute atomic E-state index is 0.0410. The molecular weight excluding hydrogens is 481 g/mol. The Bertz CT molecular complexity index is 1230. The number of benzene rings is 2. The SMILES string of the molecule is CC(C)(C)OC(=O)N1CC[C@H](NS(=O)(=O)C2(F)CC2)[C@@H]1Cc1cccc(-c2cccc(F)c2)c1F. The summed E-state index contributed by atoms with van der Waals surface area (Å²) in [6.07, 6.45) is -0.641. The third kappa shape index (κ3) is 5.48. The Balaban J connectivity index is 1.65. The fourth-order valence-corrected chi connectivity index (χ4v) is 5.83. The average molecular weight is 511 g/mol.